The van der Waals surface area contributed by atoms with E-state index in [4.69, 9.17) is 23.2 Å². The van der Waals surface area contributed by atoms with Crippen LogP contribution >= 0.6 is 23.2 Å². The molecule has 0 aliphatic carbocycles. The molecular weight excluding hydrogens is 356 g/mol. The summed E-state index contributed by atoms with van der Waals surface area (Å²) in [5, 5.41) is 22.4. The molecule has 0 saturated carbocycles. The van der Waals surface area contributed by atoms with Crippen molar-refractivity contribution < 1.29 is 18.3 Å². The van der Waals surface area contributed by atoms with Gasteiger partial charge in [0.15, 0.2) is 5.69 Å². The van der Waals surface area contributed by atoms with Gasteiger partial charge >= 0.3 is 6.18 Å². The van der Waals surface area contributed by atoms with Gasteiger partial charge in [-0.25, -0.2) is 0 Å². The zero-order valence-electron chi connectivity index (χ0n) is 11.4. The van der Waals surface area contributed by atoms with Crippen molar-refractivity contribution in [2.24, 2.45) is 7.05 Å². The maximum atomic E-state index is 13.0. The molecular formula is C13H7Cl2F3N4O. The fourth-order valence-corrected chi connectivity index (χ4v) is 2.12. The summed E-state index contributed by atoms with van der Waals surface area (Å²) in [6.45, 7) is 0. The first-order valence-corrected chi connectivity index (χ1v) is 6.67. The van der Waals surface area contributed by atoms with Crippen molar-refractivity contribution in [3.05, 3.63) is 45.5 Å². The van der Waals surface area contributed by atoms with E-state index in [2.05, 4.69) is 10.1 Å². The molecule has 120 valence electrons. The first-order valence-electron chi connectivity index (χ1n) is 5.92. The van der Waals surface area contributed by atoms with Crippen LogP contribution in [0.1, 0.15) is 17.0 Å². The van der Waals surface area contributed by atoms with Crippen molar-refractivity contribution >= 4 is 34.5 Å². The fraction of sp³-hybridized carbons (Fsp3) is 0.154. The monoisotopic (exact) mass is 362 g/mol. The van der Waals surface area contributed by atoms with Crippen molar-refractivity contribution in [3.8, 4) is 6.07 Å². The summed E-state index contributed by atoms with van der Waals surface area (Å²) < 4.78 is 39.9. The Kier molecular flexibility index (Phi) is 4.54. The van der Waals surface area contributed by atoms with Crippen LogP contribution in [0.15, 0.2) is 18.3 Å². The number of aromatic nitrogens is 3. The number of hydrogen-bond acceptors (Lipinski definition) is 4. The molecule has 5 nitrogen and oxygen atoms in total. The van der Waals surface area contributed by atoms with Crippen LogP contribution in [0.3, 0.4) is 0 Å². The van der Waals surface area contributed by atoms with Crippen LogP contribution in [0.5, 0.6) is 0 Å². The second-order valence-corrected chi connectivity index (χ2v) is 5.13. The Morgan fingerprint density at radius 2 is 2.00 bits per heavy atom. The molecule has 2 rings (SSSR count). The minimum absolute atomic E-state index is 0.0533. The zero-order valence-corrected chi connectivity index (χ0v) is 12.9. The standard InChI is InChI=1S/C13H7Cl2F3N4O/c1-22-12(15)9(11(21-22)13(16,17)18)10(23)7(4-19)8-3-2-6(14)5-20-8/h2-3,5,23H,1H3. The Bertz CT molecular complexity index is 819. The third-order valence-electron chi connectivity index (χ3n) is 2.81. The smallest absolute Gasteiger partial charge is 0.435 e. The molecule has 2 aromatic rings. The molecule has 0 saturated heterocycles. The highest BCUT2D eigenvalue weighted by Gasteiger charge is 2.40. The number of allylic oxidation sites excluding steroid dienone is 1. The molecule has 2 heterocycles. The van der Waals surface area contributed by atoms with Gasteiger partial charge in [-0.05, 0) is 12.1 Å². The van der Waals surface area contributed by atoms with Crippen LogP contribution in [0.2, 0.25) is 10.2 Å². The molecule has 0 aromatic carbocycles. The molecule has 0 fully saturated rings. The molecule has 0 bridgehead atoms. The number of aliphatic hydroxyl groups excluding tert-OH is 1. The lowest BCUT2D eigenvalue weighted by Gasteiger charge is -2.08. The van der Waals surface area contributed by atoms with Crippen LogP contribution in [0.25, 0.3) is 11.3 Å². The maximum Gasteiger partial charge on any atom is 0.435 e. The van der Waals surface area contributed by atoms with E-state index < -0.39 is 33.9 Å². The van der Waals surface area contributed by atoms with Crippen LogP contribution in [0, 0.1) is 11.3 Å². The number of nitrogens with zero attached hydrogens (tertiary/aromatic N) is 4. The molecule has 2 aromatic heterocycles. The number of nitriles is 1. The normalized spacial score (nSPS) is 12.7. The number of alkyl halides is 3. The third-order valence-corrected chi connectivity index (χ3v) is 3.47. The van der Waals surface area contributed by atoms with Crippen LogP contribution in [-0.2, 0) is 13.2 Å². The molecule has 0 aliphatic rings. The number of halogens is 5. The Labute approximate surface area is 138 Å². The van der Waals surface area contributed by atoms with Gasteiger partial charge in [-0.3, -0.25) is 9.67 Å². The lowest BCUT2D eigenvalue weighted by atomic mass is 10.1. The first-order chi connectivity index (χ1) is 10.7. The van der Waals surface area contributed by atoms with Gasteiger partial charge in [0, 0.05) is 13.2 Å². The van der Waals surface area contributed by atoms with Gasteiger partial charge in [0.25, 0.3) is 0 Å². The minimum Gasteiger partial charge on any atom is -0.506 e. The van der Waals surface area contributed by atoms with Crippen molar-refractivity contribution in [2.45, 2.75) is 6.18 Å². The molecule has 23 heavy (non-hydrogen) atoms. The lowest BCUT2D eigenvalue weighted by molar-refractivity contribution is -0.141. The number of aliphatic hydroxyl groups is 1. The van der Waals surface area contributed by atoms with Gasteiger partial charge in [0.05, 0.1) is 16.3 Å². The van der Waals surface area contributed by atoms with Gasteiger partial charge in [-0.2, -0.15) is 23.5 Å². The number of pyridine rings is 1. The Morgan fingerprint density at radius 1 is 1.35 bits per heavy atom. The summed E-state index contributed by atoms with van der Waals surface area (Å²) in [5.74, 6) is -0.965. The number of rotatable bonds is 2. The van der Waals surface area contributed by atoms with Crippen LogP contribution in [-0.4, -0.2) is 19.9 Å². The van der Waals surface area contributed by atoms with E-state index in [0.29, 0.717) is 0 Å². The Hall–Kier alpha value is -2.24. The molecule has 10 heteroatoms. The number of aryl methyl sites for hydroxylation is 1. The second kappa shape index (κ2) is 6.10. The molecule has 0 atom stereocenters. The zero-order chi connectivity index (χ0) is 17.4. The van der Waals surface area contributed by atoms with Gasteiger partial charge < -0.3 is 5.11 Å². The SMILES string of the molecule is Cn1nc(C(F)(F)F)c(C(O)=C(C#N)c2ccc(Cl)cn2)c1Cl. The summed E-state index contributed by atoms with van der Waals surface area (Å²) in [7, 11) is 1.18. The first kappa shape index (κ1) is 17.1. The van der Waals surface area contributed by atoms with Crippen molar-refractivity contribution in [2.75, 3.05) is 0 Å². The molecule has 0 aliphatic heterocycles. The van der Waals surface area contributed by atoms with Gasteiger partial charge in [0.2, 0.25) is 0 Å². The van der Waals surface area contributed by atoms with Crippen LogP contribution < -0.4 is 0 Å². The van der Waals surface area contributed by atoms with Gasteiger partial charge in [-0.15, -0.1) is 0 Å². The van der Waals surface area contributed by atoms with E-state index in [1.165, 1.54) is 25.4 Å². The highest BCUT2D eigenvalue weighted by Crippen LogP contribution is 2.39. The van der Waals surface area contributed by atoms with Crippen molar-refractivity contribution in [3.63, 3.8) is 0 Å². The maximum absolute atomic E-state index is 13.0. The van der Waals surface area contributed by atoms with Crippen molar-refractivity contribution in [1.29, 1.82) is 5.26 Å². The minimum atomic E-state index is -4.86. The van der Waals surface area contributed by atoms with E-state index in [-0.39, 0.29) is 10.7 Å². The predicted molar refractivity (Wildman–Crippen MR) is 77.5 cm³/mol. The topological polar surface area (TPSA) is 74.7 Å². The summed E-state index contributed by atoms with van der Waals surface area (Å²) >= 11 is 11.4. The molecule has 0 amide bonds. The van der Waals surface area contributed by atoms with Crippen molar-refractivity contribution in [1.82, 2.24) is 14.8 Å². The summed E-state index contributed by atoms with van der Waals surface area (Å²) in [6.07, 6.45) is -3.67. The third kappa shape index (κ3) is 3.25. The second-order valence-electron chi connectivity index (χ2n) is 4.33. The van der Waals surface area contributed by atoms with E-state index in [1.54, 1.807) is 6.07 Å². The fourth-order valence-electron chi connectivity index (χ4n) is 1.79. The summed E-state index contributed by atoms with van der Waals surface area (Å²) in [5.41, 5.74) is -2.72. The molecule has 0 spiro atoms. The Balaban J connectivity index is 2.73. The van der Waals surface area contributed by atoms with E-state index in [0.717, 1.165) is 4.68 Å². The lowest BCUT2D eigenvalue weighted by Crippen LogP contribution is -2.09. The van der Waals surface area contributed by atoms with E-state index >= 15 is 0 Å². The summed E-state index contributed by atoms with van der Waals surface area (Å²) in [6, 6.07) is 4.28. The average molecular weight is 363 g/mol. The quantitative estimate of drug-likeness (QED) is 0.644. The van der Waals surface area contributed by atoms with Gasteiger partial charge in [0.1, 0.15) is 22.6 Å². The van der Waals surface area contributed by atoms with E-state index in [1.807, 2.05) is 0 Å². The van der Waals surface area contributed by atoms with Crippen LogP contribution in [0.4, 0.5) is 13.2 Å². The predicted octanol–water partition coefficient (Wildman–Crippen LogP) is 4.09. The summed E-state index contributed by atoms with van der Waals surface area (Å²) in [4.78, 5) is 3.80. The molecule has 0 radical (unpaired) electrons. The molecule has 1 N–H and O–H groups in total. The van der Waals surface area contributed by atoms with E-state index in [9.17, 15) is 23.5 Å². The largest absolute Gasteiger partial charge is 0.506 e. The highest BCUT2D eigenvalue weighted by molar-refractivity contribution is 6.31. The highest BCUT2D eigenvalue weighted by atomic mass is 35.5. The Morgan fingerprint density at radius 3 is 2.48 bits per heavy atom. The molecule has 0 unspecified atom stereocenters. The average Bonchev–Trinajstić information content (AvgIpc) is 2.77. The van der Waals surface area contributed by atoms with Gasteiger partial charge in [-0.1, -0.05) is 23.2 Å². The number of hydrogen-bond donors (Lipinski definition) is 1.